The minimum absolute atomic E-state index is 0.0526. The van der Waals surface area contributed by atoms with Gasteiger partial charge in [-0.3, -0.25) is 4.79 Å². The van der Waals surface area contributed by atoms with Crippen molar-refractivity contribution in [1.82, 2.24) is 4.90 Å². The molecular weight excluding hydrogens is 309 g/mol. The van der Waals surface area contributed by atoms with Gasteiger partial charge in [0.25, 0.3) is 0 Å². The minimum Gasteiger partial charge on any atom is -0.341 e. The highest BCUT2D eigenvalue weighted by molar-refractivity contribution is 8.00. The summed E-state index contributed by atoms with van der Waals surface area (Å²) in [6.07, 6.45) is 0. The fourth-order valence-corrected chi connectivity index (χ4v) is 2.90. The summed E-state index contributed by atoms with van der Waals surface area (Å²) >= 11 is 7.12. The number of halogens is 2. The van der Waals surface area contributed by atoms with Gasteiger partial charge in [0.05, 0.1) is 5.75 Å². The number of nitrogens with zero attached hydrogens (tertiary/aromatic N) is 1. The number of hydrogen-bond acceptors (Lipinski definition) is 2. The zero-order chi connectivity index (χ0) is 15.2. The molecule has 2 aromatic rings. The molecule has 0 saturated heterocycles. The van der Waals surface area contributed by atoms with E-state index in [1.165, 1.54) is 17.8 Å². The van der Waals surface area contributed by atoms with E-state index in [4.69, 9.17) is 11.6 Å². The normalized spacial score (nSPS) is 10.4. The minimum atomic E-state index is -0.298. The molecule has 2 aromatic carbocycles. The molecule has 110 valence electrons. The molecule has 0 heterocycles. The summed E-state index contributed by atoms with van der Waals surface area (Å²) in [5, 5.41) is 0.647. The Morgan fingerprint density at radius 3 is 2.71 bits per heavy atom. The van der Waals surface area contributed by atoms with Crippen LogP contribution in [0.4, 0.5) is 4.39 Å². The summed E-state index contributed by atoms with van der Waals surface area (Å²) in [5.74, 6) is -0.145. The molecule has 0 aromatic heterocycles. The maximum Gasteiger partial charge on any atom is 0.232 e. The molecule has 0 aliphatic carbocycles. The highest BCUT2D eigenvalue weighted by Crippen LogP contribution is 2.21. The Labute approximate surface area is 132 Å². The highest BCUT2D eigenvalue weighted by Gasteiger charge is 2.11. The number of hydrogen-bond donors (Lipinski definition) is 0. The van der Waals surface area contributed by atoms with Crippen molar-refractivity contribution < 1.29 is 9.18 Å². The van der Waals surface area contributed by atoms with E-state index < -0.39 is 0 Å². The van der Waals surface area contributed by atoms with Crippen molar-refractivity contribution >= 4 is 29.3 Å². The molecule has 0 N–H and O–H groups in total. The summed E-state index contributed by atoms with van der Waals surface area (Å²) in [5.41, 5.74) is 0.967. The van der Waals surface area contributed by atoms with Crippen LogP contribution in [0.15, 0.2) is 53.4 Å². The van der Waals surface area contributed by atoms with Crippen molar-refractivity contribution in [2.45, 2.75) is 11.4 Å². The van der Waals surface area contributed by atoms with Crippen molar-refractivity contribution in [3.8, 4) is 0 Å². The Balaban J connectivity index is 1.90. The standard InChI is InChI=1S/C16H15ClFNOS/c1-19(10-12-5-4-6-13(17)9-12)16(20)11-21-15-8-3-2-7-14(15)18/h2-9H,10-11H2,1H3. The van der Waals surface area contributed by atoms with E-state index in [-0.39, 0.29) is 17.5 Å². The van der Waals surface area contributed by atoms with Crippen LogP contribution in [0.25, 0.3) is 0 Å². The van der Waals surface area contributed by atoms with Crippen LogP contribution in [0.5, 0.6) is 0 Å². The lowest BCUT2D eigenvalue weighted by Gasteiger charge is -2.17. The summed E-state index contributed by atoms with van der Waals surface area (Å²) in [7, 11) is 1.73. The van der Waals surface area contributed by atoms with Gasteiger partial charge in [0.1, 0.15) is 5.82 Å². The van der Waals surface area contributed by atoms with Crippen molar-refractivity contribution in [3.05, 3.63) is 64.9 Å². The smallest absolute Gasteiger partial charge is 0.232 e. The van der Waals surface area contributed by atoms with Gasteiger partial charge in [-0.2, -0.15) is 0 Å². The molecule has 2 nitrogen and oxygen atoms in total. The zero-order valence-corrected chi connectivity index (χ0v) is 13.1. The predicted octanol–water partition coefficient (Wildman–Crippen LogP) is 4.23. The molecule has 0 atom stereocenters. The summed E-state index contributed by atoms with van der Waals surface area (Å²) in [6, 6.07) is 13.8. The van der Waals surface area contributed by atoms with Crippen molar-refractivity contribution in [2.24, 2.45) is 0 Å². The number of thioether (sulfide) groups is 1. The maximum absolute atomic E-state index is 13.5. The van der Waals surface area contributed by atoms with Crippen LogP contribution in [0.1, 0.15) is 5.56 Å². The van der Waals surface area contributed by atoms with E-state index in [9.17, 15) is 9.18 Å². The highest BCUT2D eigenvalue weighted by atomic mass is 35.5. The molecule has 0 aliphatic heterocycles. The number of carbonyl (C=O) groups is 1. The Hall–Kier alpha value is -1.52. The molecule has 2 rings (SSSR count). The number of amides is 1. The summed E-state index contributed by atoms with van der Waals surface area (Å²) in [6.45, 7) is 0.483. The summed E-state index contributed by atoms with van der Waals surface area (Å²) < 4.78 is 13.5. The number of benzene rings is 2. The topological polar surface area (TPSA) is 20.3 Å². The first-order valence-electron chi connectivity index (χ1n) is 6.42. The van der Waals surface area contributed by atoms with Gasteiger partial charge >= 0.3 is 0 Å². The Morgan fingerprint density at radius 1 is 1.24 bits per heavy atom. The average Bonchev–Trinajstić information content (AvgIpc) is 2.46. The van der Waals surface area contributed by atoms with E-state index in [1.54, 1.807) is 36.2 Å². The third-order valence-corrected chi connectivity index (χ3v) is 4.19. The van der Waals surface area contributed by atoms with Crippen LogP contribution in [-0.4, -0.2) is 23.6 Å². The van der Waals surface area contributed by atoms with E-state index in [0.717, 1.165) is 5.56 Å². The maximum atomic E-state index is 13.5. The van der Waals surface area contributed by atoms with Gasteiger partial charge in [-0.1, -0.05) is 35.9 Å². The largest absolute Gasteiger partial charge is 0.341 e. The first-order valence-corrected chi connectivity index (χ1v) is 7.78. The van der Waals surface area contributed by atoms with Crippen LogP contribution in [0.2, 0.25) is 5.02 Å². The predicted molar refractivity (Wildman–Crippen MR) is 85.1 cm³/mol. The molecule has 0 aliphatic rings. The Kier molecular flexibility index (Phi) is 5.65. The van der Waals surface area contributed by atoms with Crippen LogP contribution in [0.3, 0.4) is 0 Å². The second kappa shape index (κ2) is 7.48. The molecule has 0 spiro atoms. The van der Waals surface area contributed by atoms with Crippen molar-refractivity contribution in [2.75, 3.05) is 12.8 Å². The van der Waals surface area contributed by atoms with Gasteiger partial charge < -0.3 is 4.90 Å². The number of carbonyl (C=O) groups excluding carboxylic acids is 1. The quantitative estimate of drug-likeness (QED) is 0.767. The van der Waals surface area contributed by atoms with E-state index in [2.05, 4.69) is 0 Å². The van der Waals surface area contributed by atoms with Gasteiger partial charge in [-0.25, -0.2) is 4.39 Å². The molecule has 0 saturated carbocycles. The molecular formula is C16H15ClFNOS. The molecule has 0 fully saturated rings. The van der Waals surface area contributed by atoms with Gasteiger partial charge in [0.15, 0.2) is 0 Å². The number of rotatable bonds is 5. The fraction of sp³-hybridized carbons (Fsp3) is 0.188. The van der Waals surface area contributed by atoms with Gasteiger partial charge in [-0.05, 0) is 29.8 Å². The second-order valence-corrected chi connectivity index (χ2v) is 6.05. The molecule has 0 unspecified atom stereocenters. The van der Waals surface area contributed by atoms with Gasteiger partial charge in [-0.15, -0.1) is 11.8 Å². The monoisotopic (exact) mass is 323 g/mol. The van der Waals surface area contributed by atoms with Gasteiger partial charge in [0.2, 0.25) is 5.91 Å². The van der Waals surface area contributed by atoms with Crippen molar-refractivity contribution in [1.29, 1.82) is 0 Å². The third kappa shape index (κ3) is 4.76. The summed E-state index contributed by atoms with van der Waals surface area (Å²) in [4.78, 5) is 14.2. The van der Waals surface area contributed by atoms with E-state index in [0.29, 0.717) is 16.5 Å². The third-order valence-electron chi connectivity index (χ3n) is 2.92. The van der Waals surface area contributed by atoms with Crippen LogP contribution >= 0.6 is 23.4 Å². The lowest BCUT2D eigenvalue weighted by Crippen LogP contribution is -2.27. The SMILES string of the molecule is CN(Cc1cccc(Cl)c1)C(=O)CSc1ccccc1F. The lowest BCUT2D eigenvalue weighted by molar-refractivity contribution is -0.127. The van der Waals surface area contributed by atoms with Gasteiger partial charge in [0, 0.05) is 23.5 Å². The zero-order valence-electron chi connectivity index (χ0n) is 11.6. The Morgan fingerprint density at radius 2 is 2.00 bits per heavy atom. The molecule has 1 amide bonds. The Bertz CT molecular complexity index is 635. The van der Waals surface area contributed by atoms with Crippen LogP contribution < -0.4 is 0 Å². The van der Waals surface area contributed by atoms with Crippen molar-refractivity contribution in [3.63, 3.8) is 0 Å². The first kappa shape index (κ1) is 15.9. The second-order valence-electron chi connectivity index (χ2n) is 4.60. The lowest BCUT2D eigenvalue weighted by atomic mass is 10.2. The molecule has 5 heteroatoms. The van der Waals surface area contributed by atoms with E-state index in [1.807, 2.05) is 18.2 Å². The average molecular weight is 324 g/mol. The van der Waals surface area contributed by atoms with Crippen LogP contribution in [0, 0.1) is 5.82 Å². The molecule has 21 heavy (non-hydrogen) atoms. The fourth-order valence-electron chi connectivity index (χ4n) is 1.81. The molecule has 0 radical (unpaired) electrons. The molecule has 0 bridgehead atoms. The van der Waals surface area contributed by atoms with Crippen LogP contribution in [-0.2, 0) is 11.3 Å². The van der Waals surface area contributed by atoms with E-state index >= 15 is 0 Å². The first-order chi connectivity index (χ1) is 10.1.